The fourth-order valence-corrected chi connectivity index (χ4v) is 2.60. The molecule has 2 rings (SSSR count). The minimum atomic E-state index is -0.708. The molecule has 2 N–H and O–H groups in total. The second-order valence-corrected chi connectivity index (χ2v) is 5.24. The summed E-state index contributed by atoms with van der Waals surface area (Å²) in [6, 6.07) is -0.355. The molecular formula is C12H24N4O2. The molecule has 1 unspecified atom stereocenters. The van der Waals surface area contributed by atoms with Crippen LogP contribution in [0.1, 0.15) is 0 Å². The van der Waals surface area contributed by atoms with E-state index in [9.17, 15) is 9.90 Å². The van der Waals surface area contributed by atoms with Crippen molar-refractivity contribution in [2.75, 3.05) is 66.0 Å². The molecule has 2 aliphatic rings. The number of hydrogen-bond donors (Lipinski definition) is 2. The molecule has 104 valence electrons. The maximum absolute atomic E-state index is 11.2. The molecule has 6 nitrogen and oxygen atoms in total. The first-order chi connectivity index (χ1) is 8.66. The lowest BCUT2D eigenvalue weighted by atomic mass is 10.2. The minimum absolute atomic E-state index is 0.355. The van der Waals surface area contributed by atoms with Crippen LogP contribution in [0.2, 0.25) is 0 Å². The van der Waals surface area contributed by atoms with E-state index in [0.29, 0.717) is 6.54 Å². The summed E-state index contributed by atoms with van der Waals surface area (Å²) in [6.07, 6.45) is 0. The van der Waals surface area contributed by atoms with Crippen LogP contribution in [0.25, 0.3) is 0 Å². The minimum Gasteiger partial charge on any atom is -0.480 e. The Morgan fingerprint density at radius 1 is 1.22 bits per heavy atom. The van der Waals surface area contributed by atoms with E-state index in [-0.39, 0.29) is 6.04 Å². The molecule has 0 aliphatic carbocycles. The summed E-state index contributed by atoms with van der Waals surface area (Å²) < 4.78 is 0. The Morgan fingerprint density at radius 3 is 2.61 bits per heavy atom. The molecule has 0 radical (unpaired) electrons. The van der Waals surface area contributed by atoms with Gasteiger partial charge in [-0.05, 0) is 7.05 Å². The van der Waals surface area contributed by atoms with Crippen LogP contribution in [-0.2, 0) is 4.79 Å². The average molecular weight is 256 g/mol. The van der Waals surface area contributed by atoms with Crippen LogP contribution in [0.5, 0.6) is 0 Å². The third kappa shape index (κ3) is 3.65. The molecule has 18 heavy (non-hydrogen) atoms. The number of aliphatic carboxylic acids is 1. The van der Waals surface area contributed by atoms with Gasteiger partial charge in [0.25, 0.3) is 0 Å². The first kappa shape index (κ1) is 13.7. The van der Waals surface area contributed by atoms with Crippen LogP contribution in [0.4, 0.5) is 0 Å². The predicted octanol–water partition coefficient (Wildman–Crippen LogP) is -1.41. The lowest BCUT2D eigenvalue weighted by Gasteiger charge is -2.37. The number of carboxylic acids is 1. The van der Waals surface area contributed by atoms with Gasteiger partial charge in [0.1, 0.15) is 6.04 Å². The molecule has 2 heterocycles. The second-order valence-electron chi connectivity index (χ2n) is 5.24. The number of piperazine rings is 2. The molecular weight excluding hydrogens is 232 g/mol. The Morgan fingerprint density at radius 2 is 1.94 bits per heavy atom. The van der Waals surface area contributed by atoms with Crippen molar-refractivity contribution in [2.45, 2.75) is 6.04 Å². The number of rotatable bonds is 4. The highest BCUT2D eigenvalue weighted by Gasteiger charge is 2.28. The van der Waals surface area contributed by atoms with Gasteiger partial charge >= 0.3 is 5.97 Å². The van der Waals surface area contributed by atoms with E-state index in [2.05, 4.69) is 27.1 Å². The van der Waals surface area contributed by atoms with Gasteiger partial charge in [-0.2, -0.15) is 0 Å². The lowest BCUT2D eigenvalue weighted by Crippen LogP contribution is -2.57. The Hall–Kier alpha value is -0.690. The summed E-state index contributed by atoms with van der Waals surface area (Å²) >= 11 is 0. The van der Waals surface area contributed by atoms with E-state index in [1.54, 1.807) is 0 Å². The van der Waals surface area contributed by atoms with Gasteiger partial charge in [-0.1, -0.05) is 0 Å². The highest BCUT2D eigenvalue weighted by molar-refractivity contribution is 5.73. The van der Waals surface area contributed by atoms with Gasteiger partial charge in [-0.25, -0.2) is 0 Å². The van der Waals surface area contributed by atoms with Gasteiger partial charge in [0, 0.05) is 58.9 Å². The maximum atomic E-state index is 11.2. The molecule has 2 saturated heterocycles. The van der Waals surface area contributed by atoms with E-state index < -0.39 is 5.97 Å². The third-order valence-electron chi connectivity index (χ3n) is 3.94. The smallest absolute Gasteiger partial charge is 0.322 e. The summed E-state index contributed by atoms with van der Waals surface area (Å²) in [4.78, 5) is 18.0. The number of carbonyl (C=O) groups is 1. The molecule has 0 aromatic carbocycles. The van der Waals surface area contributed by atoms with E-state index >= 15 is 0 Å². The zero-order valence-electron chi connectivity index (χ0n) is 11.1. The van der Waals surface area contributed by atoms with Gasteiger partial charge in [0.15, 0.2) is 0 Å². The quantitative estimate of drug-likeness (QED) is 0.645. The van der Waals surface area contributed by atoms with Crippen LogP contribution >= 0.6 is 0 Å². The summed E-state index contributed by atoms with van der Waals surface area (Å²) in [6.45, 7) is 8.57. The average Bonchev–Trinajstić information content (AvgIpc) is 2.38. The van der Waals surface area contributed by atoms with Gasteiger partial charge in [-0.3, -0.25) is 14.6 Å². The zero-order chi connectivity index (χ0) is 13.0. The standard InChI is InChI=1S/C12H24N4O2/c1-14-4-6-15(7-5-14)8-9-16-3-2-13-10-11(16)12(17)18/h11,13H,2-10H2,1H3,(H,17,18). The Labute approximate surface area is 109 Å². The van der Waals surface area contributed by atoms with E-state index in [1.165, 1.54) is 0 Å². The molecule has 2 fully saturated rings. The summed E-state index contributed by atoms with van der Waals surface area (Å²) in [5.74, 6) is -0.708. The highest BCUT2D eigenvalue weighted by Crippen LogP contribution is 2.05. The van der Waals surface area contributed by atoms with Crippen LogP contribution in [0.15, 0.2) is 0 Å². The van der Waals surface area contributed by atoms with Crippen molar-refractivity contribution in [3.8, 4) is 0 Å². The van der Waals surface area contributed by atoms with Crippen molar-refractivity contribution in [2.24, 2.45) is 0 Å². The number of likely N-dealkylation sites (N-methyl/N-ethyl adjacent to an activating group) is 1. The molecule has 0 aromatic rings. The first-order valence-electron chi connectivity index (χ1n) is 6.75. The van der Waals surface area contributed by atoms with Crippen molar-refractivity contribution in [3.63, 3.8) is 0 Å². The lowest BCUT2D eigenvalue weighted by molar-refractivity contribution is -0.144. The summed E-state index contributed by atoms with van der Waals surface area (Å²) in [5.41, 5.74) is 0. The zero-order valence-corrected chi connectivity index (χ0v) is 11.1. The molecule has 0 saturated carbocycles. The largest absolute Gasteiger partial charge is 0.480 e. The van der Waals surface area contributed by atoms with Crippen LogP contribution < -0.4 is 5.32 Å². The first-order valence-corrected chi connectivity index (χ1v) is 6.75. The van der Waals surface area contributed by atoms with Gasteiger partial charge in [0.05, 0.1) is 0 Å². The van der Waals surface area contributed by atoms with Crippen LogP contribution in [-0.4, -0.2) is 97.8 Å². The van der Waals surface area contributed by atoms with E-state index in [1.807, 2.05) is 0 Å². The number of nitrogens with one attached hydrogen (secondary N) is 1. The third-order valence-corrected chi connectivity index (χ3v) is 3.94. The Kier molecular flexibility index (Phi) is 4.94. The molecule has 1 atom stereocenters. The van der Waals surface area contributed by atoms with Gasteiger partial charge in [-0.15, -0.1) is 0 Å². The second kappa shape index (κ2) is 6.47. The number of carboxylic acid groups (broad SMARTS) is 1. The molecule has 2 aliphatic heterocycles. The van der Waals surface area contributed by atoms with Gasteiger partial charge in [0.2, 0.25) is 0 Å². The highest BCUT2D eigenvalue weighted by atomic mass is 16.4. The molecule has 0 aromatic heterocycles. The summed E-state index contributed by atoms with van der Waals surface area (Å²) in [7, 11) is 2.15. The Bertz CT molecular complexity index is 279. The molecule has 0 bridgehead atoms. The Balaban J connectivity index is 1.75. The van der Waals surface area contributed by atoms with E-state index in [0.717, 1.165) is 52.4 Å². The fourth-order valence-electron chi connectivity index (χ4n) is 2.60. The monoisotopic (exact) mass is 256 g/mol. The van der Waals surface area contributed by atoms with Gasteiger partial charge < -0.3 is 15.3 Å². The molecule has 0 amide bonds. The van der Waals surface area contributed by atoms with Crippen LogP contribution in [0.3, 0.4) is 0 Å². The SMILES string of the molecule is CN1CCN(CCN2CCNCC2C(=O)O)CC1. The van der Waals surface area contributed by atoms with E-state index in [4.69, 9.17) is 0 Å². The predicted molar refractivity (Wildman–Crippen MR) is 69.8 cm³/mol. The topological polar surface area (TPSA) is 59.0 Å². The number of hydrogen-bond acceptors (Lipinski definition) is 5. The normalized spacial score (nSPS) is 28.4. The fraction of sp³-hybridized carbons (Fsp3) is 0.917. The van der Waals surface area contributed by atoms with Crippen molar-refractivity contribution in [3.05, 3.63) is 0 Å². The maximum Gasteiger partial charge on any atom is 0.322 e. The molecule has 6 heteroatoms. The number of nitrogens with zero attached hydrogens (tertiary/aromatic N) is 3. The van der Waals surface area contributed by atoms with Crippen molar-refractivity contribution >= 4 is 5.97 Å². The van der Waals surface area contributed by atoms with Crippen molar-refractivity contribution in [1.82, 2.24) is 20.0 Å². The van der Waals surface area contributed by atoms with Crippen LogP contribution in [0, 0.1) is 0 Å². The molecule has 0 spiro atoms. The van der Waals surface area contributed by atoms with Crippen molar-refractivity contribution < 1.29 is 9.90 Å². The summed E-state index contributed by atoms with van der Waals surface area (Å²) in [5, 5.41) is 12.3. The van der Waals surface area contributed by atoms with Crippen molar-refractivity contribution in [1.29, 1.82) is 0 Å².